The quantitative estimate of drug-likeness (QED) is 0.0698. The van der Waals surface area contributed by atoms with Gasteiger partial charge in [-0.3, -0.25) is 14.5 Å². The van der Waals surface area contributed by atoms with Gasteiger partial charge in [0.15, 0.2) is 0 Å². The van der Waals surface area contributed by atoms with Crippen LogP contribution < -0.4 is 0 Å². The van der Waals surface area contributed by atoms with Crippen LogP contribution in [0.5, 0.6) is 0 Å². The van der Waals surface area contributed by atoms with Crippen molar-refractivity contribution in [2.24, 2.45) is 0 Å². The SMILES string of the molecule is CCCSc1ccc(-c2nn(-c3ccccc3)cc2C=C2SC(=S)N(CCCCCCCCCCC(=O)O)C2=O)cc1. The minimum atomic E-state index is -0.713. The molecule has 0 saturated carbocycles. The maximum Gasteiger partial charge on any atom is 0.303 e. The van der Waals surface area contributed by atoms with E-state index in [-0.39, 0.29) is 12.3 Å². The fourth-order valence-electron chi connectivity index (χ4n) is 4.80. The number of carboxylic acid groups (broad SMARTS) is 1. The Bertz CT molecular complexity index is 1370. The van der Waals surface area contributed by atoms with Gasteiger partial charge in [-0.05, 0) is 55.4 Å². The molecule has 1 aliphatic heterocycles. The van der Waals surface area contributed by atoms with Crippen molar-refractivity contribution in [3.8, 4) is 16.9 Å². The van der Waals surface area contributed by atoms with E-state index in [2.05, 4.69) is 31.2 Å². The number of carbonyl (C=O) groups is 2. The van der Waals surface area contributed by atoms with Crippen molar-refractivity contribution < 1.29 is 14.7 Å². The second kappa shape index (κ2) is 16.7. The van der Waals surface area contributed by atoms with E-state index in [4.69, 9.17) is 22.4 Å². The van der Waals surface area contributed by atoms with E-state index >= 15 is 0 Å². The van der Waals surface area contributed by atoms with E-state index in [0.29, 0.717) is 15.8 Å². The van der Waals surface area contributed by atoms with Crippen LogP contribution in [0.15, 0.2) is 70.6 Å². The van der Waals surface area contributed by atoms with Crippen molar-refractivity contribution in [1.29, 1.82) is 0 Å². The number of carbonyl (C=O) groups excluding carboxylic acids is 1. The molecule has 0 aliphatic carbocycles. The zero-order valence-electron chi connectivity index (χ0n) is 24.2. The first-order valence-corrected chi connectivity index (χ1v) is 17.0. The van der Waals surface area contributed by atoms with Crippen LogP contribution in [0.25, 0.3) is 23.0 Å². The smallest absolute Gasteiger partial charge is 0.303 e. The monoisotopic (exact) mass is 621 g/mol. The Morgan fingerprint density at radius 3 is 2.31 bits per heavy atom. The number of rotatable bonds is 17. The number of amides is 1. The summed E-state index contributed by atoms with van der Waals surface area (Å²) >= 11 is 8.82. The van der Waals surface area contributed by atoms with E-state index in [1.807, 2.05) is 59.0 Å². The predicted molar refractivity (Wildman–Crippen MR) is 179 cm³/mol. The minimum Gasteiger partial charge on any atom is -0.481 e. The average molecular weight is 622 g/mol. The number of nitrogens with zero attached hydrogens (tertiary/aromatic N) is 3. The Kier molecular flexibility index (Phi) is 12.7. The number of aliphatic carboxylic acids is 1. The van der Waals surface area contributed by atoms with E-state index in [1.54, 1.807) is 4.90 Å². The topological polar surface area (TPSA) is 75.4 Å². The number of hydrogen-bond acceptors (Lipinski definition) is 6. The van der Waals surface area contributed by atoms with Gasteiger partial charge in [0.05, 0.1) is 16.3 Å². The summed E-state index contributed by atoms with van der Waals surface area (Å²) in [4.78, 5) is 27.6. The van der Waals surface area contributed by atoms with Crippen molar-refractivity contribution in [1.82, 2.24) is 14.7 Å². The molecule has 0 atom stereocenters. The number of thiocarbonyl (C=S) groups is 1. The van der Waals surface area contributed by atoms with Gasteiger partial charge >= 0.3 is 5.97 Å². The number of thioether (sulfide) groups is 2. The third-order valence-electron chi connectivity index (χ3n) is 7.05. The highest BCUT2D eigenvalue weighted by Crippen LogP contribution is 2.35. The van der Waals surface area contributed by atoms with Crippen molar-refractivity contribution in [2.75, 3.05) is 12.3 Å². The molecule has 1 saturated heterocycles. The lowest BCUT2D eigenvalue weighted by Crippen LogP contribution is -2.29. The number of aromatic nitrogens is 2. The van der Waals surface area contributed by atoms with E-state index in [9.17, 15) is 9.59 Å². The molecule has 6 nitrogen and oxygen atoms in total. The zero-order valence-corrected chi connectivity index (χ0v) is 26.6. The molecule has 0 radical (unpaired) electrons. The molecule has 222 valence electrons. The maximum atomic E-state index is 13.4. The summed E-state index contributed by atoms with van der Waals surface area (Å²) in [5, 5.41) is 13.6. The first-order valence-electron chi connectivity index (χ1n) is 14.8. The fourth-order valence-corrected chi connectivity index (χ4v) is 6.87. The molecular weight excluding hydrogens is 583 g/mol. The molecule has 0 spiro atoms. The zero-order chi connectivity index (χ0) is 29.7. The number of carboxylic acids is 1. The van der Waals surface area contributed by atoms with Gasteiger partial charge in [0.25, 0.3) is 5.91 Å². The Morgan fingerprint density at radius 2 is 1.64 bits per heavy atom. The molecule has 9 heteroatoms. The summed E-state index contributed by atoms with van der Waals surface area (Å²) in [5.41, 5.74) is 3.69. The minimum absolute atomic E-state index is 0.0341. The van der Waals surface area contributed by atoms with E-state index in [1.165, 1.54) is 16.7 Å². The Morgan fingerprint density at radius 1 is 0.976 bits per heavy atom. The van der Waals surface area contributed by atoms with Gasteiger partial charge in [0.2, 0.25) is 0 Å². The normalized spacial score (nSPS) is 14.3. The molecule has 1 aliphatic rings. The summed E-state index contributed by atoms with van der Waals surface area (Å²) in [5.74, 6) is 0.341. The summed E-state index contributed by atoms with van der Waals surface area (Å²) in [6.07, 6.45) is 13.5. The highest BCUT2D eigenvalue weighted by atomic mass is 32.2. The molecule has 0 unspecified atom stereocenters. The molecule has 2 aromatic carbocycles. The number of unbranched alkanes of at least 4 members (excludes halogenated alkanes) is 7. The lowest BCUT2D eigenvalue weighted by Gasteiger charge is -2.14. The number of hydrogen-bond donors (Lipinski definition) is 1. The Hall–Kier alpha value is -2.88. The second-order valence-electron chi connectivity index (χ2n) is 10.4. The molecule has 1 amide bonds. The van der Waals surface area contributed by atoms with Gasteiger partial charge in [0.1, 0.15) is 4.32 Å². The Labute approximate surface area is 263 Å². The van der Waals surface area contributed by atoms with E-state index in [0.717, 1.165) is 86.0 Å². The third-order valence-corrected chi connectivity index (χ3v) is 9.64. The number of benzene rings is 2. The second-order valence-corrected chi connectivity index (χ2v) is 13.2. The molecule has 3 aromatic rings. The van der Waals surface area contributed by atoms with Crippen LogP contribution in [0.2, 0.25) is 0 Å². The summed E-state index contributed by atoms with van der Waals surface area (Å²) in [6, 6.07) is 18.5. The van der Waals surface area contributed by atoms with Crippen LogP contribution in [-0.4, -0.2) is 48.3 Å². The van der Waals surface area contributed by atoms with Crippen molar-refractivity contribution in [3.05, 3.63) is 71.3 Å². The molecule has 42 heavy (non-hydrogen) atoms. The van der Waals surface area contributed by atoms with Gasteiger partial charge in [0, 0.05) is 35.2 Å². The van der Waals surface area contributed by atoms with Gasteiger partial charge < -0.3 is 5.11 Å². The molecule has 0 bridgehead atoms. The van der Waals surface area contributed by atoms with E-state index < -0.39 is 5.97 Å². The van der Waals surface area contributed by atoms with Crippen LogP contribution in [0.4, 0.5) is 0 Å². The van der Waals surface area contributed by atoms with Gasteiger partial charge in [-0.25, -0.2) is 4.68 Å². The van der Waals surface area contributed by atoms with Crippen molar-refractivity contribution in [3.63, 3.8) is 0 Å². The summed E-state index contributed by atoms with van der Waals surface area (Å²) in [6.45, 7) is 2.82. The van der Waals surface area contributed by atoms with Crippen LogP contribution in [0, 0.1) is 0 Å². The standard InChI is InChI=1S/C33H39N3O3S3/c1-2-22-41-28-19-17-25(18-20-28)31-26(24-36(34-31)27-14-10-9-11-15-27)23-29-32(39)35(33(40)42-29)21-13-8-6-4-3-5-7-12-16-30(37)38/h9-11,14-15,17-20,23-24H,2-8,12-13,16,21-22H2,1H3,(H,37,38). The molecular formula is C33H39N3O3S3. The Balaban J connectivity index is 1.39. The predicted octanol–water partition coefficient (Wildman–Crippen LogP) is 8.84. The first-order chi connectivity index (χ1) is 20.5. The number of para-hydroxylation sites is 1. The van der Waals surface area contributed by atoms with Gasteiger partial charge in [-0.2, -0.15) is 5.10 Å². The van der Waals surface area contributed by atoms with Crippen LogP contribution in [0.3, 0.4) is 0 Å². The summed E-state index contributed by atoms with van der Waals surface area (Å²) < 4.78 is 2.48. The molecule has 1 aromatic heterocycles. The molecule has 1 N–H and O–H groups in total. The highest BCUT2D eigenvalue weighted by molar-refractivity contribution is 8.26. The van der Waals surface area contributed by atoms with Gasteiger partial charge in [-0.1, -0.05) is 99.8 Å². The van der Waals surface area contributed by atoms with Crippen LogP contribution in [-0.2, 0) is 9.59 Å². The fraction of sp³-hybridized carbons (Fsp3) is 0.394. The first kappa shape index (κ1) is 32.0. The van der Waals surface area contributed by atoms with Crippen molar-refractivity contribution in [2.45, 2.75) is 76.0 Å². The lowest BCUT2D eigenvalue weighted by atomic mass is 10.1. The van der Waals surface area contributed by atoms with Crippen LogP contribution >= 0.6 is 35.7 Å². The highest BCUT2D eigenvalue weighted by Gasteiger charge is 2.32. The molecule has 2 heterocycles. The third kappa shape index (κ3) is 9.31. The lowest BCUT2D eigenvalue weighted by molar-refractivity contribution is -0.137. The van der Waals surface area contributed by atoms with Crippen LogP contribution in [0.1, 0.15) is 76.7 Å². The molecule has 1 fully saturated rings. The van der Waals surface area contributed by atoms with Gasteiger partial charge in [-0.15, -0.1) is 11.8 Å². The largest absolute Gasteiger partial charge is 0.481 e. The van der Waals surface area contributed by atoms with Crippen molar-refractivity contribution >= 4 is 58.0 Å². The molecule has 4 rings (SSSR count). The summed E-state index contributed by atoms with van der Waals surface area (Å²) in [7, 11) is 0. The average Bonchev–Trinajstić information content (AvgIpc) is 3.53. The maximum absolute atomic E-state index is 13.4.